The summed E-state index contributed by atoms with van der Waals surface area (Å²) < 4.78 is 0. The number of rotatable bonds is 3. The van der Waals surface area contributed by atoms with Crippen molar-refractivity contribution in [2.75, 3.05) is 18.0 Å². The van der Waals surface area contributed by atoms with Gasteiger partial charge in [-0.2, -0.15) is 0 Å². The summed E-state index contributed by atoms with van der Waals surface area (Å²) in [7, 11) is 0. The van der Waals surface area contributed by atoms with E-state index in [1.165, 1.54) is 4.90 Å². The molecule has 2 aromatic rings. The highest BCUT2D eigenvalue weighted by Gasteiger charge is 2.43. The minimum absolute atomic E-state index is 0.259. The van der Waals surface area contributed by atoms with Gasteiger partial charge in [0.1, 0.15) is 5.70 Å². The van der Waals surface area contributed by atoms with E-state index in [-0.39, 0.29) is 11.8 Å². The largest absolute Gasteiger partial charge is 0.366 e. The zero-order chi connectivity index (χ0) is 20.0. The van der Waals surface area contributed by atoms with E-state index < -0.39 is 0 Å². The Kier molecular flexibility index (Phi) is 4.76. The number of aryl methyl sites for hydroxylation is 2. The van der Waals surface area contributed by atoms with Gasteiger partial charge >= 0.3 is 0 Å². The lowest BCUT2D eigenvalue weighted by molar-refractivity contribution is -0.120. The fourth-order valence-electron chi connectivity index (χ4n) is 3.97. The third-order valence-corrected chi connectivity index (χ3v) is 6.17. The van der Waals surface area contributed by atoms with Crippen molar-refractivity contribution >= 4 is 34.7 Å². The van der Waals surface area contributed by atoms with Gasteiger partial charge in [-0.1, -0.05) is 35.9 Å². The number of benzene rings is 2. The number of carbonyl (C=O) groups is 2. The van der Waals surface area contributed by atoms with Crippen molar-refractivity contribution in [2.24, 2.45) is 0 Å². The minimum Gasteiger partial charge on any atom is -0.366 e. The Labute approximate surface area is 170 Å². The van der Waals surface area contributed by atoms with Crippen LogP contribution in [-0.2, 0) is 9.59 Å². The molecular weight excluding hydrogens is 372 g/mol. The summed E-state index contributed by atoms with van der Waals surface area (Å²) in [6, 6.07) is 11.3. The van der Waals surface area contributed by atoms with E-state index >= 15 is 0 Å². The number of likely N-dealkylation sites (tertiary alicyclic amines) is 1. The Hall–Kier alpha value is -2.59. The van der Waals surface area contributed by atoms with E-state index in [9.17, 15) is 9.59 Å². The number of halogens is 1. The van der Waals surface area contributed by atoms with E-state index in [2.05, 4.69) is 4.90 Å². The molecule has 28 heavy (non-hydrogen) atoms. The molecule has 2 heterocycles. The SMILES string of the molecule is Cc1ccc(C2=C(N3CCCC3)C(=O)N(c3cccc(Cl)c3C)C2=O)cc1C. The first kappa shape index (κ1) is 18.8. The van der Waals surface area contributed by atoms with Crippen LogP contribution in [0.3, 0.4) is 0 Å². The molecule has 144 valence electrons. The van der Waals surface area contributed by atoms with Crippen molar-refractivity contribution < 1.29 is 9.59 Å². The second kappa shape index (κ2) is 7.10. The fourth-order valence-corrected chi connectivity index (χ4v) is 4.14. The van der Waals surface area contributed by atoms with Gasteiger partial charge in [0.25, 0.3) is 11.8 Å². The highest BCUT2D eigenvalue weighted by molar-refractivity contribution is 6.46. The van der Waals surface area contributed by atoms with Gasteiger partial charge in [-0.15, -0.1) is 0 Å². The van der Waals surface area contributed by atoms with Crippen molar-refractivity contribution in [2.45, 2.75) is 33.6 Å². The summed E-state index contributed by atoms with van der Waals surface area (Å²) in [5, 5.41) is 0.542. The summed E-state index contributed by atoms with van der Waals surface area (Å²) in [5.74, 6) is -0.536. The predicted octanol–water partition coefficient (Wildman–Crippen LogP) is 4.65. The topological polar surface area (TPSA) is 40.6 Å². The lowest BCUT2D eigenvalue weighted by Crippen LogP contribution is -2.35. The smallest absolute Gasteiger partial charge is 0.282 e. The molecule has 0 bridgehead atoms. The summed E-state index contributed by atoms with van der Waals surface area (Å²) in [6.07, 6.45) is 2.06. The molecule has 0 atom stereocenters. The monoisotopic (exact) mass is 394 g/mol. The van der Waals surface area contributed by atoms with Gasteiger partial charge in [0, 0.05) is 18.1 Å². The first-order chi connectivity index (χ1) is 13.4. The number of nitrogens with zero attached hydrogens (tertiary/aromatic N) is 2. The average molecular weight is 395 g/mol. The van der Waals surface area contributed by atoms with Crippen molar-refractivity contribution in [3.05, 3.63) is 69.4 Å². The van der Waals surface area contributed by atoms with E-state index in [1.54, 1.807) is 18.2 Å². The van der Waals surface area contributed by atoms with Gasteiger partial charge in [-0.25, -0.2) is 4.90 Å². The minimum atomic E-state index is -0.277. The van der Waals surface area contributed by atoms with Crippen LogP contribution in [0.15, 0.2) is 42.1 Å². The zero-order valence-corrected chi connectivity index (χ0v) is 17.1. The molecule has 0 N–H and O–H groups in total. The van der Waals surface area contributed by atoms with Crippen LogP contribution in [0.2, 0.25) is 5.02 Å². The highest BCUT2D eigenvalue weighted by Crippen LogP contribution is 2.38. The molecule has 0 spiro atoms. The first-order valence-electron chi connectivity index (χ1n) is 9.61. The molecule has 1 saturated heterocycles. The molecule has 0 aromatic heterocycles. The van der Waals surface area contributed by atoms with Gasteiger partial charge < -0.3 is 4.90 Å². The molecule has 4 rings (SSSR count). The summed E-state index contributed by atoms with van der Waals surface area (Å²) in [5.41, 5.74) is 5.35. The van der Waals surface area contributed by atoms with Gasteiger partial charge in [-0.3, -0.25) is 9.59 Å². The number of imide groups is 1. The van der Waals surface area contributed by atoms with Crippen LogP contribution < -0.4 is 4.90 Å². The highest BCUT2D eigenvalue weighted by atomic mass is 35.5. The third-order valence-electron chi connectivity index (χ3n) is 5.76. The molecule has 0 aliphatic carbocycles. The first-order valence-corrected chi connectivity index (χ1v) is 9.98. The second-order valence-corrected chi connectivity index (χ2v) is 7.95. The van der Waals surface area contributed by atoms with Crippen molar-refractivity contribution in [1.29, 1.82) is 0 Å². The van der Waals surface area contributed by atoms with Crippen LogP contribution in [0.1, 0.15) is 35.1 Å². The fraction of sp³-hybridized carbons (Fsp3) is 0.304. The maximum atomic E-state index is 13.5. The normalized spacial score (nSPS) is 17.3. The van der Waals surface area contributed by atoms with E-state index in [0.29, 0.717) is 22.0 Å². The molecule has 0 radical (unpaired) electrons. The zero-order valence-electron chi connectivity index (χ0n) is 16.4. The number of amides is 2. The van der Waals surface area contributed by atoms with Crippen LogP contribution in [0, 0.1) is 20.8 Å². The van der Waals surface area contributed by atoms with Crippen LogP contribution in [-0.4, -0.2) is 29.8 Å². The Morgan fingerprint density at radius 3 is 2.29 bits per heavy atom. The lowest BCUT2D eigenvalue weighted by Gasteiger charge is -2.21. The number of hydrogen-bond acceptors (Lipinski definition) is 3. The number of hydrogen-bond donors (Lipinski definition) is 0. The summed E-state index contributed by atoms with van der Waals surface area (Å²) >= 11 is 6.27. The van der Waals surface area contributed by atoms with E-state index in [0.717, 1.165) is 48.2 Å². The predicted molar refractivity (Wildman–Crippen MR) is 112 cm³/mol. The quantitative estimate of drug-likeness (QED) is 0.712. The molecule has 5 heteroatoms. The number of carbonyl (C=O) groups excluding carboxylic acids is 2. The Morgan fingerprint density at radius 1 is 0.893 bits per heavy atom. The third kappa shape index (κ3) is 2.92. The standard InChI is InChI=1S/C23H23ClN2O2/c1-14-9-10-17(13-15(14)2)20-21(25-11-4-5-12-25)23(28)26(22(20)27)19-8-6-7-18(24)16(19)3/h6-10,13H,4-5,11-12H2,1-3H3. The van der Waals surface area contributed by atoms with Crippen molar-refractivity contribution in [1.82, 2.24) is 4.90 Å². The van der Waals surface area contributed by atoms with Gasteiger partial charge in [0.05, 0.1) is 11.3 Å². The van der Waals surface area contributed by atoms with Crippen molar-refractivity contribution in [3.63, 3.8) is 0 Å². The lowest BCUT2D eigenvalue weighted by atomic mass is 9.99. The van der Waals surface area contributed by atoms with Gasteiger partial charge in [0.15, 0.2) is 0 Å². The molecule has 2 aliphatic rings. The molecule has 2 aromatic carbocycles. The Bertz CT molecular complexity index is 1020. The Morgan fingerprint density at radius 2 is 1.61 bits per heavy atom. The number of anilines is 1. The molecule has 2 aliphatic heterocycles. The van der Waals surface area contributed by atoms with Crippen LogP contribution >= 0.6 is 11.6 Å². The maximum absolute atomic E-state index is 13.5. The molecule has 1 fully saturated rings. The van der Waals surface area contributed by atoms with Gasteiger partial charge in [-0.05, 0) is 68.0 Å². The van der Waals surface area contributed by atoms with Crippen LogP contribution in [0.4, 0.5) is 5.69 Å². The molecular formula is C23H23ClN2O2. The van der Waals surface area contributed by atoms with Crippen LogP contribution in [0.5, 0.6) is 0 Å². The maximum Gasteiger partial charge on any atom is 0.282 e. The molecule has 2 amide bonds. The Balaban J connectivity index is 1.88. The van der Waals surface area contributed by atoms with Crippen molar-refractivity contribution in [3.8, 4) is 0 Å². The second-order valence-electron chi connectivity index (χ2n) is 7.55. The van der Waals surface area contributed by atoms with E-state index in [4.69, 9.17) is 11.6 Å². The summed E-state index contributed by atoms with van der Waals surface area (Å²) in [4.78, 5) is 30.3. The van der Waals surface area contributed by atoms with E-state index in [1.807, 2.05) is 39.0 Å². The van der Waals surface area contributed by atoms with Crippen LogP contribution in [0.25, 0.3) is 5.57 Å². The molecule has 0 saturated carbocycles. The molecule has 4 nitrogen and oxygen atoms in total. The average Bonchev–Trinajstić information content (AvgIpc) is 3.27. The molecule has 0 unspecified atom stereocenters. The summed E-state index contributed by atoms with van der Waals surface area (Å²) in [6.45, 7) is 7.49. The van der Waals surface area contributed by atoms with Gasteiger partial charge in [0.2, 0.25) is 0 Å².